The van der Waals surface area contributed by atoms with Gasteiger partial charge in [0.2, 0.25) is 0 Å². The Morgan fingerprint density at radius 3 is 2.25 bits per heavy atom. The van der Waals surface area contributed by atoms with E-state index in [9.17, 15) is 0 Å². The van der Waals surface area contributed by atoms with Crippen LogP contribution in [0.4, 0.5) is 0 Å². The Morgan fingerprint density at radius 2 is 1.75 bits per heavy atom. The van der Waals surface area contributed by atoms with Crippen molar-refractivity contribution in [3.8, 4) is 0 Å². The third kappa shape index (κ3) is 7.98. The maximum Gasteiger partial charge on any atom is 0.0783 e. The van der Waals surface area contributed by atoms with Gasteiger partial charge in [-0.1, -0.05) is 13.8 Å². The van der Waals surface area contributed by atoms with E-state index in [0.717, 1.165) is 25.4 Å². The summed E-state index contributed by atoms with van der Waals surface area (Å²) in [5.41, 5.74) is 0. The SMILES string of the molecule is CC(C)CCNCCC(O)CO. The van der Waals surface area contributed by atoms with Crippen LogP contribution in [0, 0.1) is 5.92 Å². The van der Waals surface area contributed by atoms with Crippen molar-refractivity contribution in [2.45, 2.75) is 32.8 Å². The van der Waals surface area contributed by atoms with Crippen LogP contribution in [-0.2, 0) is 0 Å². The maximum absolute atomic E-state index is 8.98. The third-order valence-electron chi connectivity index (χ3n) is 1.76. The molecule has 0 amide bonds. The lowest BCUT2D eigenvalue weighted by molar-refractivity contribution is 0.0883. The average Bonchev–Trinajstić information content (AvgIpc) is 2.03. The van der Waals surface area contributed by atoms with Crippen molar-refractivity contribution in [1.29, 1.82) is 0 Å². The number of hydrogen-bond donors (Lipinski definition) is 3. The summed E-state index contributed by atoms with van der Waals surface area (Å²) in [7, 11) is 0. The lowest BCUT2D eigenvalue weighted by Gasteiger charge is -2.09. The zero-order valence-corrected chi connectivity index (χ0v) is 8.08. The van der Waals surface area contributed by atoms with Gasteiger partial charge in [0, 0.05) is 0 Å². The van der Waals surface area contributed by atoms with Gasteiger partial charge in [0.05, 0.1) is 12.7 Å². The Balaban J connectivity index is 3.00. The van der Waals surface area contributed by atoms with Crippen LogP contribution >= 0.6 is 0 Å². The van der Waals surface area contributed by atoms with Gasteiger partial charge in [-0.15, -0.1) is 0 Å². The van der Waals surface area contributed by atoms with E-state index in [1.165, 1.54) is 0 Å². The number of aliphatic hydroxyl groups excluding tert-OH is 2. The van der Waals surface area contributed by atoms with Gasteiger partial charge in [-0.2, -0.15) is 0 Å². The van der Waals surface area contributed by atoms with Gasteiger partial charge in [0.25, 0.3) is 0 Å². The maximum atomic E-state index is 8.98. The van der Waals surface area contributed by atoms with Crippen LogP contribution in [0.2, 0.25) is 0 Å². The fourth-order valence-electron chi connectivity index (χ4n) is 0.876. The Morgan fingerprint density at radius 1 is 1.17 bits per heavy atom. The molecule has 0 spiro atoms. The van der Waals surface area contributed by atoms with Gasteiger partial charge in [-0.3, -0.25) is 0 Å². The predicted octanol–water partition coefficient (Wildman–Crippen LogP) is 0.365. The normalized spacial score (nSPS) is 13.8. The molecule has 0 rings (SSSR count). The minimum atomic E-state index is -0.559. The predicted molar refractivity (Wildman–Crippen MR) is 50.0 cm³/mol. The minimum absolute atomic E-state index is 0.133. The molecule has 0 heterocycles. The molecule has 0 aliphatic rings. The Hall–Kier alpha value is -0.120. The van der Waals surface area contributed by atoms with E-state index in [0.29, 0.717) is 6.42 Å². The number of nitrogens with one attached hydrogen (secondary N) is 1. The molecule has 0 radical (unpaired) electrons. The molecule has 12 heavy (non-hydrogen) atoms. The Kier molecular flexibility index (Phi) is 7.45. The molecule has 0 saturated carbocycles. The topological polar surface area (TPSA) is 52.5 Å². The molecule has 1 atom stereocenters. The molecule has 0 bridgehead atoms. The largest absolute Gasteiger partial charge is 0.394 e. The van der Waals surface area contributed by atoms with Crippen LogP contribution in [-0.4, -0.2) is 36.0 Å². The molecule has 74 valence electrons. The summed E-state index contributed by atoms with van der Waals surface area (Å²) in [5.74, 6) is 0.722. The van der Waals surface area contributed by atoms with Crippen LogP contribution in [0.3, 0.4) is 0 Å². The molecule has 0 saturated heterocycles. The first-order valence-corrected chi connectivity index (χ1v) is 4.66. The molecular formula is C9H21NO2. The molecule has 0 aromatic carbocycles. The molecule has 0 aliphatic heterocycles. The van der Waals surface area contributed by atoms with Crippen LogP contribution in [0.1, 0.15) is 26.7 Å². The van der Waals surface area contributed by atoms with Crippen molar-refractivity contribution < 1.29 is 10.2 Å². The second-order valence-electron chi connectivity index (χ2n) is 3.56. The van der Waals surface area contributed by atoms with Crippen molar-refractivity contribution >= 4 is 0 Å². The summed E-state index contributed by atoms with van der Waals surface area (Å²) in [5, 5.41) is 20.7. The van der Waals surface area contributed by atoms with Crippen molar-refractivity contribution in [3.63, 3.8) is 0 Å². The first-order chi connectivity index (χ1) is 5.66. The molecule has 0 aromatic heterocycles. The molecule has 3 N–H and O–H groups in total. The monoisotopic (exact) mass is 175 g/mol. The summed E-state index contributed by atoms with van der Waals surface area (Å²) < 4.78 is 0. The first kappa shape index (κ1) is 11.9. The molecule has 0 aliphatic carbocycles. The van der Waals surface area contributed by atoms with Gasteiger partial charge in [-0.05, 0) is 31.8 Å². The molecule has 3 nitrogen and oxygen atoms in total. The molecule has 3 heteroatoms. The third-order valence-corrected chi connectivity index (χ3v) is 1.76. The highest BCUT2D eigenvalue weighted by Gasteiger charge is 2.00. The molecule has 0 fully saturated rings. The van der Waals surface area contributed by atoms with Gasteiger partial charge in [-0.25, -0.2) is 0 Å². The Bertz CT molecular complexity index is 96.5. The summed E-state index contributed by atoms with van der Waals surface area (Å²) >= 11 is 0. The Labute approximate surface area is 74.8 Å². The van der Waals surface area contributed by atoms with Crippen molar-refractivity contribution in [2.75, 3.05) is 19.7 Å². The minimum Gasteiger partial charge on any atom is -0.394 e. The standard InChI is InChI=1S/C9H21NO2/c1-8(2)3-5-10-6-4-9(12)7-11/h8-12H,3-7H2,1-2H3. The number of hydrogen-bond acceptors (Lipinski definition) is 3. The lowest BCUT2D eigenvalue weighted by Crippen LogP contribution is -2.23. The van der Waals surface area contributed by atoms with Gasteiger partial charge < -0.3 is 15.5 Å². The highest BCUT2D eigenvalue weighted by atomic mass is 16.3. The summed E-state index contributed by atoms with van der Waals surface area (Å²) in [6.07, 6.45) is 1.24. The van der Waals surface area contributed by atoms with Crippen molar-refractivity contribution in [3.05, 3.63) is 0 Å². The van der Waals surface area contributed by atoms with E-state index < -0.39 is 6.10 Å². The van der Waals surface area contributed by atoms with Crippen LogP contribution in [0.15, 0.2) is 0 Å². The van der Waals surface area contributed by atoms with Gasteiger partial charge in [0.1, 0.15) is 0 Å². The lowest BCUT2D eigenvalue weighted by atomic mass is 10.1. The van der Waals surface area contributed by atoms with Crippen LogP contribution in [0.5, 0.6) is 0 Å². The molecule has 1 unspecified atom stereocenters. The fraction of sp³-hybridized carbons (Fsp3) is 1.00. The van der Waals surface area contributed by atoms with Crippen LogP contribution in [0.25, 0.3) is 0 Å². The molecular weight excluding hydrogens is 154 g/mol. The zero-order valence-electron chi connectivity index (χ0n) is 8.08. The summed E-state index contributed by atoms with van der Waals surface area (Å²) in [6, 6.07) is 0. The van der Waals surface area contributed by atoms with E-state index in [-0.39, 0.29) is 6.61 Å². The van der Waals surface area contributed by atoms with Crippen molar-refractivity contribution in [1.82, 2.24) is 5.32 Å². The summed E-state index contributed by atoms with van der Waals surface area (Å²) in [6.45, 7) is 6.02. The highest BCUT2D eigenvalue weighted by Crippen LogP contribution is 1.96. The second-order valence-corrected chi connectivity index (χ2v) is 3.56. The second kappa shape index (κ2) is 7.53. The van der Waals surface area contributed by atoms with Gasteiger partial charge >= 0.3 is 0 Å². The zero-order chi connectivity index (χ0) is 9.40. The summed E-state index contributed by atoms with van der Waals surface area (Å²) in [4.78, 5) is 0. The van der Waals surface area contributed by atoms with E-state index >= 15 is 0 Å². The fourth-order valence-corrected chi connectivity index (χ4v) is 0.876. The first-order valence-electron chi connectivity index (χ1n) is 4.66. The number of aliphatic hydroxyl groups is 2. The quantitative estimate of drug-likeness (QED) is 0.490. The van der Waals surface area contributed by atoms with E-state index in [1.54, 1.807) is 0 Å². The van der Waals surface area contributed by atoms with Crippen LogP contribution < -0.4 is 5.32 Å². The highest BCUT2D eigenvalue weighted by molar-refractivity contribution is 4.56. The smallest absolute Gasteiger partial charge is 0.0783 e. The molecule has 0 aromatic rings. The number of rotatable bonds is 7. The average molecular weight is 175 g/mol. The van der Waals surface area contributed by atoms with E-state index in [2.05, 4.69) is 19.2 Å². The van der Waals surface area contributed by atoms with E-state index in [1.807, 2.05) is 0 Å². The van der Waals surface area contributed by atoms with E-state index in [4.69, 9.17) is 10.2 Å². The van der Waals surface area contributed by atoms with Gasteiger partial charge in [0.15, 0.2) is 0 Å². The van der Waals surface area contributed by atoms with Crippen molar-refractivity contribution in [2.24, 2.45) is 5.92 Å².